The van der Waals surface area contributed by atoms with Gasteiger partial charge >= 0.3 is 31.2 Å². The van der Waals surface area contributed by atoms with Crippen LogP contribution in [0.15, 0.2) is 4.99 Å². The Bertz CT molecular complexity index is 1130. The van der Waals surface area contributed by atoms with Gasteiger partial charge in [0.1, 0.15) is 16.9 Å². The van der Waals surface area contributed by atoms with Crippen LogP contribution in [0.2, 0.25) is 0 Å². The molecule has 1 heterocycles. The number of carbonyl (C=O) groups excluding carboxylic acids is 3. The summed E-state index contributed by atoms with van der Waals surface area (Å²) in [5.41, 5.74) is 4.07. The molecule has 0 radical (unpaired) electrons. The number of nitrogens with zero attached hydrogens (tertiary/aromatic N) is 1. The maximum absolute atomic E-state index is 12.5. The molecular weight excluding hydrogens is 705 g/mol. The van der Waals surface area contributed by atoms with E-state index >= 15 is 0 Å². The second-order valence-electron chi connectivity index (χ2n) is 15.1. The molecule has 1 spiro atoms. The fourth-order valence-electron chi connectivity index (χ4n) is 8.31. The molecule has 17 heteroatoms. The molecule has 4 aliphatic carbocycles. The summed E-state index contributed by atoms with van der Waals surface area (Å²) in [6, 6.07) is 0. The Kier molecular flexibility index (Phi) is 22.4. The topological polar surface area (TPSA) is 194 Å². The van der Waals surface area contributed by atoms with Crippen LogP contribution in [-0.4, -0.2) is 69.7 Å². The van der Waals surface area contributed by atoms with Crippen molar-refractivity contribution in [2.24, 2.45) is 34.4 Å². The molecule has 0 unspecified atom stereocenters. The molecule has 5 aliphatic rings. The van der Waals surface area contributed by atoms with Gasteiger partial charge in [-0.25, -0.2) is 0 Å². The molecule has 4 fully saturated rings. The molecule has 4 saturated carbocycles. The van der Waals surface area contributed by atoms with E-state index in [1.165, 1.54) is 6.42 Å². The Hall–Kier alpha value is -1.86. The zero-order valence-corrected chi connectivity index (χ0v) is 31.4. The molecule has 53 heavy (non-hydrogen) atoms. The number of amides is 3. The van der Waals surface area contributed by atoms with Gasteiger partial charge in [0.25, 0.3) is 5.91 Å². The largest absolute Gasteiger partial charge is 1.00 e. The molecule has 0 aromatic carbocycles. The van der Waals surface area contributed by atoms with E-state index in [0.717, 1.165) is 76.5 Å². The summed E-state index contributed by atoms with van der Waals surface area (Å²) in [5.74, 6) is 0.425. The van der Waals surface area contributed by atoms with Crippen molar-refractivity contribution in [3.05, 3.63) is 0 Å². The van der Waals surface area contributed by atoms with Gasteiger partial charge in [-0.3, -0.25) is 19.4 Å². The molecule has 7 N–H and O–H groups in total. The quantitative estimate of drug-likeness (QED) is 0.208. The maximum Gasteiger partial charge on any atom is 1.00 e. The average Bonchev–Trinajstić information content (AvgIpc) is 3.38. The summed E-state index contributed by atoms with van der Waals surface area (Å²) in [5, 5.41) is 13.4. The van der Waals surface area contributed by atoms with Crippen molar-refractivity contribution in [2.75, 3.05) is 6.61 Å². The standard InChI is InChI=1S/C17H27F3N2O2.C17H25F3N2O.C2H6O.Li.2H2O/c18-17(19,20)11-8-12-4-6-13(7-5-12)14(23)22-16(15(21)24)9-2-1-3-10-16;18-17(19,20)11-8-12-4-6-13(7-5-12)14-21-15(23)16(22-14)9-2-1-3-10-16;1-2-3;;;/h12-13H,1-11H2,(H2,21,24)(H,22,23);12-13H,1-11H2,(H,21,22,23);3H,2H2,1H3;;2*1H2/q;;;+1;;/p-2. The predicted octanol–water partition coefficient (Wildman–Crippen LogP) is 4.46. The zero-order chi connectivity index (χ0) is 37.0. The number of hydrogen-bond donors (Lipinski definition) is 4. The molecule has 3 amide bonds. The molecule has 5 rings (SSSR count). The van der Waals surface area contributed by atoms with Gasteiger partial charge in [-0.1, -0.05) is 38.5 Å². The van der Waals surface area contributed by atoms with E-state index in [9.17, 15) is 40.7 Å². The number of alkyl halides is 6. The molecule has 10 nitrogen and oxygen atoms in total. The summed E-state index contributed by atoms with van der Waals surface area (Å²) >= 11 is 0. The Balaban J connectivity index is 0.000000902. The Morgan fingerprint density at radius 2 is 1.21 bits per heavy atom. The smallest absolute Gasteiger partial charge is 0.870 e. The van der Waals surface area contributed by atoms with Gasteiger partial charge < -0.3 is 32.4 Å². The number of primary amides is 1. The van der Waals surface area contributed by atoms with Crippen molar-refractivity contribution >= 4 is 23.6 Å². The van der Waals surface area contributed by atoms with Crippen LogP contribution in [-0.2, 0) is 14.4 Å². The van der Waals surface area contributed by atoms with E-state index < -0.39 is 42.2 Å². The number of aliphatic hydroxyl groups is 1. The monoisotopic (exact) mass is 765 g/mol. The first-order chi connectivity index (χ1) is 23.5. The number of aliphatic hydroxyl groups excluding tert-OH is 1. The number of aliphatic imine (C=N–C) groups is 1. The van der Waals surface area contributed by atoms with E-state index in [4.69, 9.17) is 15.8 Å². The van der Waals surface area contributed by atoms with Crippen LogP contribution < -0.4 is 35.2 Å². The van der Waals surface area contributed by atoms with Crippen LogP contribution >= 0.6 is 0 Å². The van der Waals surface area contributed by atoms with Gasteiger partial charge in [-0.15, -0.1) is 0 Å². The minimum atomic E-state index is -4.11. The fraction of sp³-hybridized carbons (Fsp3) is 0.889. The summed E-state index contributed by atoms with van der Waals surface area (Å²) in [7, 11) is 0. The summed E-state index contributed by atoms with van der Waals surface area (Å²) < 4.78 is 73.8. The Labute approximate surface area is 321 Å². The third kappa shape index (κ3) is 16.4. The van der Waals surface area contributed by atoms with Gasteiger partial charge in [0.15, 0.2) is 0 Å². The van der Waals surface area contributed by atoms with Crippen LogP contribution in [0.4, 0.5) is 26.3 Å². The van der Waals surface area contributed by atoms with E-state index in [-0.39, 0.29) is 84.7 Å². The van der Waals surface area contributed by atoms with Crippen molar-refractivity contribution in [3.63, 3.8) is 0 Å². The minimum Gasteiger partial charge on any atom is -0.870 e. The normalized spacial score (nSPS) is 26.3. The molecule has 1 aliphatic heterocycles. The van der Waals surface area contributed by atoms with Crippen LogP contribution in [0.3, 0.4) is 0 Å². The number of carbonyl (C=O) groups is 3. The Morgan fingerprint density at radius 1 is 0.792 bits per heavy atom. The van der Waals surface area contributed by atoms with Gasteiger partial charge in [0, 0.05) is 31.3 Å². The zero-order valence-electron chi connectivity index (χ0n) is 31.4. The van der Waals surface area contributed by atoms with Crippen LogP contribution in [0.1, 0.15) is 148 Å². The van der Waals surface area contributed by atoms with E-state index in [0.29, 0.717) is 38.5 Å². The molecular formula is C36H60F6LiN4O6-. The number of nitrogens with two attached hydrogens (primary N) is 1. The number of amidine groups is 1. The van der Waals surface area contributed by atoms with Crippen molar-refractivity contribution < 1.29 is 75.6 Å². The first-order valence-corrected chi connectivity index (χ1v) is 18.8. The van der Waals surface area contributed by atoms with Crippen molar-refractivity contribution in [3.8, 4) is 0 Å². The SMILES string of the molecule is CCO.NC(=O)C1(NC(=O)C2CCC(CCC(F)(F)F)CC2)CCCCC1.O=C1NC(C2CCC(CCC(F)(F)F)CC2)=NC12CCCCC2.[Li+].[OH-].[OH-]. The third-order valence-corrected chi connectivity index (χ3v) is 11.3. The predicted molar refractivity (Wildman–Crippen MR) is 183 cm³/mol. The maximum atomic E-state index is 12.5. The van der Waals surface area contributed by atoms with Crippen molar-refractivity contribution in [1.82, 2.24) is 10.6 Å². The summed E-state index contributed by atoms with van der Waals surface area (Å²) in [6.45, 7) is 1.93. The fourth-order valence-corrected chi connectivity index (χ4v) is 8.31. The summed E-state index contributed by atoms with van der Waals surface area (Å²) in [4.78, 5) is 41.4. The number of halogens is 6. The van der Waals surface area contributed by atoms with Gasteiger partial charge in [0.05, 0.1) is 0 Å². The molecule has 304 valence electrons. The average molecular weight is 766 g/mol. The third-order valence-electron chi connectivity index (χ3n) is 11.3. The molecule has 0 aromatic rings. The van der Waals surface area contributed by atoms with E-state index in [1.807, 2.05) is 0 Å². The molecule has 0 aromatic heterocycles. The van der Waals surface area contributed by atoms with E-state index in [2.05, 4.69) is 10.6 Å². The molecule has 0 atom stereocenters. The number of rotatable bonds is 8. The molecule has 0 saturated heterocycles. The van der Waals surface area contributed by atoms with Crippen LogP contribution in [0, 0.1) is 23.7 Å². The van der Waals surface area contributed by atoms with Crippen LogP contribution in [0.5, 0.6) is 0 Å². The summed E-state index contributed by atoms with van der Waals surface area (Å²) in [6.07, 6.45) is 5.42. The Morgan fingerprint density at radius 3 is 1.62 bits per heavy atom. The minimum absolute atomic E-state index is 0. The first-order valence-electron chi connectivity index (χ1n) is 18.8. The number of nitrogens with one attached hydrogen (secondary N) is 2. The second-order valence-corrected chi connectivity index (χ2v) is 15.1. The second kappa shape index (κ2) is 23.3. The van der Waals surface area contributed by atoms with Crippen LogP contribution in [0.25, 0.3) is 0 Å². The van der Waals surface area contributed by atoms with Crippen molar-refractivity contribution in [2.45, 2.75) is 172 Å². The van der Waals surface area contributed by atoms with E-state index in [1.54, 1.807) is 6.92 Å². The molecule has 0 bridgehead atoms. The van der Waals surface area contributed by atoms with Gasteiger partial charge in [-0.2, -0.15) is 26.3 Å². The van der Waals surface area contributed by atoms with Crippen molar-refractivity contribution in [1.29, 1.82) is 0 Å². The van der Waals surface area contributed by atoms with Gasteiger partial charge in [-0.05, 0) is 109 Å². The first kappa shape index (κ1) is 51.1. The number of hydrogen-bond acceptors (Lipinski definition) is 7. The van der Waals surface area contributed by atoms with Gasteiger partial charge in [0.2, 0.25) is 11.8 Å².